The molecule has 3 saturated carbocycles. The zero-order valence-corrected chi connectivity index (χ0v) is 32.1. The summed E-state index contributed by atoms with van der Waals surface area (Å²) in [6.45, 7) is 12.8. The first-order valence-electron chi connectivity index (χ1n) is 19.4. The lowest BCUT2D eigenvalue weighted by Crippen LogP contribution is -2.63. The maximum atomic E-state index is 14.6. The Kier molecular flexibility index (Phi) is 11.0. The molecule has 4 fully saturated rings. The van der Waals surface area contributed by atoms with E-state index in [0.717, 1.165) is 24.8 Å². The van der Waals surface area contributed by atoms with Crippen LogP contribution in [0.4, 0.5) is 5.69 Å². The first-order valence-corrected chi connectivity index (χ1v) is 19.4. The van der Waals surface area contributed by atoms with Crippen molar-refractivity contribution in [2.24, 2.45) is 40.4 Å². The molecule has 5 aliphatic rings. The monoisotopic (exact) mass is 732 g/mol. The van der Waals surface area contributed by atoms with Crippen LogP contribution in [0.2, 0.25) is 0 Å². The van der Waals surface area contributed by atoms with Gasteiger partial charge in [0.25, 0.3) is 0 Å². The summed E-state index contributed by atoms with van der Waals surface area (Å²) in [5, 5.41) is 17.5. The average molecular weight is 733 g/mol. The molecule has 288 valence electrons. The van der Waals surface area contributed by atoms with Gasteiger partial charge in [-0.1, -0.05) is 59.6 Å². The molecule has 0 aromatic heterocycles. The Morgan fingerprint density at radius 2 is 1.81 bits per heavy atom. The van der Waals surface area contributed by atoms with Crippen molar-refractivity contribution in [2.45, 2.75) is 124 Å². The van der Waals surface area contributed by atoms with Gasteiger partial charge in [0.15, 0.2) is 23.5 Å². The third-order valence-electron chi connectivity index (χ3n) is 13.0. The highest BCUT2D eigenvalue weighted by molar-refractivity contribution is 6.01. The molecule has 3 N–H and O–H groups in total. The van der Waals surface area contributed by atoms with E-state index in [-0.39, 0.29) is 65.9 Å². The van der Waals surface area contributed by atoms with Gasteiger partial charge in [-0.15, -0.1) is 0 Å². The van der Waals surface area contributed by atoms with E-state index >= 15 is 0 Å². The molecule has 0 bridgehead atoms. The molecule has 4 aliphatic carbocycles. The molecule has 1 unspecified atom stereocenters. The predicted octanol–water partition coefficient (Wildman–Crippen LogP) is 5.50. The Bertz CT molecular complexity index is 1680. The molecule has 0 spiro atoms. The van der Waals surface area contributed by atoms with Crippen LogP contribution in [0.15, 0.2) is 48.1 Å². The largest absolute Gasteiger partial charge is 0.486 e. The van der Waals surface area contributed by atoms with Crippen molar-refractivity contribution in [1.29, 1.82) is 0 Å². The van der Waals surface area contributed by atoms with Gasteiger partial charge in [-0.3, -0.25) is 24.0 Å². The Labute approximate surface area is 312 Å². The van der Waals surface area contributed by atoms with E-state index in [1.807, 2.05) is 19.9 Å². The molecule has 1 aromatic carbocycles. The van der Waals surface area contributed by atoms with Crippen LogP contribution in [0, 0.1) is 40.4 Å². The second kappa shape index (κ2) is 14.9. The summed E-state index contributed by atoms with van der Waals surface area (Å²) in [7, 11) is 0. The number of aliphatic hydroxyl groups is 1. The average Bonchev–Trinajstić information content (AvgIpc) is 3.58. The van der Waals surface area contributed by atoms with Crippen LogP contribution in [-0.4, -0.2) is 71.0 Å². The van der Waals surface area contributed by atoms with Crippen molar-refractivity contribution in [3.63, 3.8) is 0 Å². The van der Waals surface area contributed by atoms with Crippen LogP contribution in [0.3, 0.4) is 0 Å². The summed E-state index contributed by atoms with van der Waals surface area (Å²) in [4.78, 5) is 64.2. The van der Waals surface area contributed by atoms with E-state index in [1.54, 1.807) is 43.3 Å². The highest BCUT2D eigenvalue weighted by Crippen LogP contribution is 2.69. The summed E-state index contributed by atoms with van der Waals surface area (Å²) in [5.41, 5.74) is -0.813. The molecule has 11 heteroatoms. The van der Waals surface area contributed by atoms with Crippen LogP contribution < -0.4 is 15.4 Å². The standard InChI is InChI=1S/C42H56N2O9/c1-8-9-36-52-35-20-31-30-15-10-26-19-28(46)16-17-40(26,6)37(30)33(48)21-41(31,7)42(35,53-36)34(49)22-51-29-13-11-27(12-14-29)44-39(50)24(4)18-32(47)38(23(2)3)43-25(5)45/h11-14,16-17,19,23-24,30-31,33,35-38,48H,8-10,15,18,20-22H2,1-7H3,(H,43,45)(H,44,50)/t24-,30+,31+,33+,35-,36?,37-,38+,40+,41+,42-/m1/s1. The summed E-state index contributed by atoms with van der Waals surface area (Å²) < 4.78 is 19.4. The first kappa shape index (κ1) is 39.0. The maximum Gasteiger partial charge on any atom is 0.227 e. The van der Waals surface area contributed by atoms with Crippen molar-refractivity contribution >= 4 is 34.9 Å². The highest BCUT2D eigenvalue weighted by Gasteiger charge is 2.75. The summed E-state index contributed by atoms with van der Waals surface area (Å²) >= 11 is 0. The van der Waals surface area contributed by atoms with Gasteiger partial charge >= 0.3 is 0 Å². The van der Waals surface area contributed by atoms with Crippen LogP contribution in [0.5, 0.6) is 5.75 Å². The smallest absolute Gasteiger partial charge is 0.227 e. The second-order valence-electron chi connectivity index (χ2n) is 16.9. The SMILES string of the molecule is CCCC1O[C@@H]2C[C@H]3[C@@H]4CCC5=CC(=O)C=C[C@]5(C)[C@H]4[C@@H](O)C[C@]3(C)[C@]2(C(=O)COc2ccc(NC(=O)[C@H](C)CC(=O)[C@@H](NC(C)=O)C(C)C)cc2)O1. The van der Waals surface area contributed by atoms with Crippen molar-refractivity contribution in [2.75, 3.05) is 11.9 Å². The number of benzene rings is 1. The zero-order chi connectivity index (χ0) is 38.5. The van der Waals surface area contributed by atoms with Gasteiger partial charge in [0, 0.05) is 41.7 Å². The number of allylic oxidation sites excluding steroid dienone is 4. The highest BCUT2D eigenvalue weighted by atomic mass is 16.7. The Morgan fingerprint density at radius 3 is 2.47 bits per heavy atom. The third kappa shape index (κ3) is 6.93. The number of fused-ring (bicyclic) bond motifs is 7. The molecule has 2 amide bonds. The van der Waals surface area contributed by atoms with Crippen LogP contribution in [0.25, 0.3) is 0 Å². The quantitative estimate of drug-likeness (QED) is 0.238. The van der Waals surface area contributed by atoms with E-state index in [2.05, 4.69) is 31.4 Å². The molecule has 0 radical (unpaired) electrons. The fourth-order valence-electron chi connectivity index (χ4n) is 10.5. The number of carbonyl (C=O) groups excluding carboxylic acids is 5. The van der Waals surface area contributed by atoms with E-state index < -0.39 is 46.9 Å². The number of hydrogen-bond donors (Lipinski definition) is 3. The number of anilines is 1. The fraction of sp³-hybridized carbons (Fsp3) is 0.643. The lowest BCUT2D eigenvalue weighted by atomic mass is 9.46. The van der Waals surface area contributed by atoms with Crippen molar-refractivity contribution in [3.8, 4) is 5.75 Å². The normalized spacial score (nSPS) is 35.3. The third-order valence-corrected chi connectivity index (χ3v) is 13.0. The molecule has 1 heterocycles. The fourth-order valence-corrected chi connectivity index (χ4v) is 10.5. The van der Waals surface area contributed by atoms with Gasteiger partial charge in [-0.25, -0.2) is 0 Å². The predicted molar refractivity (Wildman–Crippen MR) is 198 cm³/mol. The van der Waals surface area contributed by atoms with E-state index in [4.69, 9.17) is 14.2 Å². The zero-order valence-electron chi connectivity index (χ0n) is 32.1. The molecule has 11 atom stereocenters. The molecular weight excluding hydrogens is 676 g/mol. The molecule has 11 nitrogen and oxygen atoms in total. The van der Waals surface area contributed by atoms with E-state index in [0.29, 0.717) is 30.7 Å². The van der Waals surface area contributed by atoms with Gasteiger partial charge in [0.05, 0.1) is 18.2 Å². The molecule has 6 rings (SSSR count). The number of aliphatic hydroxyl groups excluding tert-OH is 1. The summed E-state index contributed by atoms with van der Waals surface area (Å²) in [5.74, 6) is -1.22. The first-order chi connectivity index (χ1) is 25.0. The molecule has 1 aliphatic heterocycles. The molecule has 1 saturated heterocycles. The number of rotatable bonds is 13. The maximum absolute atomic E-state index is 14.6. The number of ether oxygens (including phenoxy) is 3. The number of Topliss-reactive ketones (excluding diaryl/α,β-unsaturated/α-hetero) is 2. The number of carbonyl (C=O) groups is 5. The summed E-state index contributed by atoms with van der Waals surface area (Å²) in [6.07, 6.45) is 7.75. The summed E-state index contributed by atoms with van der Waals surface area (Å²) in [6, 6.07) is 6.05. The molecule has 53 heavy (non-hydrogen) atoms. The molecular formula is C42H56N2O9. The second-order valence-corrected chi connectivity index (χ2v) is 16.9. The molecule has 1 aromatic rings. The lowest BCUT2D eigenvalue weighted by Gasteiger charge is -2.59. The Hall–Kier alpha value is -3.67. The van der Waals surface area contributed by atoms with Crippen LogP contribution in [0.1, 0.15) is 93.4 Å². The van der Waals surface area contributed by atoms with Gasteiger partial charge in [-0.05, 0) is 86.3 Å². The van der Waals surface area contributed by atoms with Crippen molar-refractivity contribution in [3.05, 3.63) is 48.1 Å². The number of amides is 2. The van der Waals surface area contributed by atoms with Crippen molar-refractivity contribution in [1.82, 2.24) is 5.32 Å². The van der Waals surface area contributed by atoms with Gasteiger partial charge in [0.1, 0.15) is 12.4 Å². The van der Waals surface area contributed by atoms with E-state index in [9.17, 15) is 29.1 Å². The van der Waals surface area contributed by atoms with Crippen molar-refractivity contribution < 1.29 is 43.3 Å². The van der Waals surface area contributed by atoms with Gasteiger partial charge in [0.2, 0.25) is 17.6 Å². The van der Waals surface area contributed by atoms with Gasteiger partial charge in [-0.2, -0.15) is 0 Å². The minimum atomic E-state index is -1.28. The number of hydrogen-bond acceptors (Lipinski definition) is 9. The topological polar surface area (TPSA) is 157 Å². The van der Waals surface area contributed by atoms with Crippen LogP contribution >= 0.6 is 0 Å². The number of nitrogens with one attached hydrogen (secondary N) is 2. The Morgan fingerprint density at radius 1 is 1.09 bits per heavy atom. The van der Waals surface area contributed by atoms with E-state index in [1.165, 1.54) is 6.92 Å². The number of ketones is 3. The lowest BCUT2D eigenvalue weighted by molar-refractivity contribution is -0.200. The Balaban J connectivity index is 1.14. The minimum Gasteiger partial charge on any atom is -0.486 e. The van der Waals surface area contributed by atoms with Crippen LogP contribution in [-0.2, 0) is 33.4 Å². The minimum absolute atomic E-state index is 0.00661. The van der Waals surface area contributed by atoms with Gasteiger partial charge < -0.3 is 30.0 Å².